The van der Waals surface area contributed by atoms with Crippen LogP contribution in [0.5, 0.6) is 0 Å². The monoisotopic (exact) mass is 251 g/mol. The van der Waals surface area contributed by atoms with Crippen LogP contribution in [-0.4, -0.2) is 28.6 Å². The number of unbranched alkanes of at least 4 members (excludes halogenated alkanes) is 1. The molecule has 0 aliphatic rings. The summed E-state index contributed by atoms with van der Waals surface area (Å²) in [6.45, 7) is 0.930. The molecule has 0 radical (unpaired) electrons. The van der Waals surface area contributed by atoms with Gasteiger partial charge < -0.3 is 15.7 Å². The van der Waals surface area contributed by atoms with E-state index < -0.39 is 5.97 Å². The lowest BCUT2D eigenvalue weighted by Gasteiger charge is -2.07. The molecule has 0 bridgehead atoms. The maximum absolute atomic E-state index is 11.4. The van der Waals surface area contributed by atoms with E-state index in [4.69, 9.17) is 5.11 Å². The highest BCUT2D eigenvalue weighted by atomic mass is 16.4. The second-order valence-corrected chi connectivity index (χ2v) is 3.82. The van der Waals surface area contributed by atoms with E-state index in [9.17, 15) is 9.59 Å². The molecule has 1 heterocycles. The fourth-order valence-corrected chi connectivity index (χ4v) is 1.35. The minimum absolute atomic E-state index is 0.139. The third-order valence-corrected chi connectivity index (χ3v) is 2.31. The number of carboxylic acid groups (broad SMARTS) is 1. The van der Waals surface area contributed by atoms with E-state index in [1.807, 2.05) is 12.1 Å². The molecule has 0 aliphatic heterocycles. The van der Waals surface area contributed by atoms with Gasteiger partial charge in [-0.15, -0.1) is 0 Å². The van der Waals surface area contributed by atoms with Crippen molar-refractivity contribution in [2.75, 3.05) is 6.54 Å². The Kier molecular flexibility index (Phi) is 6.24. The molecule has 6 nitrogen and oxygen atoms in total. The Bertz CT molecular complexity index is 381. The molecule has 1 aromatic heterocycles. The average Bonchev–Trinajstić information content (AvgIpc) is 2.37. The van der Waals surface area contributed by atoms with Crippen LogP contribution >= 0.6 is 0 Å². The first-order chi connectivity index (χ1) is 8.68. The van der Waals surface area contributed by atoms with E-state index in [-0.39, 0.29) is 12.5 Å². The molecular weight excluding hydrogens is 234 g/mol. The number of carbonyl (C=O) groups is 2. The summed E-state index contributed by atoms with van der Waals surface area (Å²) in [4.78, 5) is 25.5. The fraction of sp³-hybridized carbons (Fsp3) is 0.417. The second-order valence-electron chi connectivity index (χ2n) is 3.82. The summed E-state index contributed by atoms with van der Waals surface area (Å²) in [5.74, 6) is -0.808. The molecule has 6 heteroatoms. The number of aliphatic carboxylic acids is 1. The summed E-state index contributed by atoms with van der Waals surface area (Å²) in [6.07, 6.45) is 4.71. The Labute approximate surface area is 105 Å². The van der Waals surface area contributed by atoms with Gasteiger partial charge >= 0.3 is 12.0 Å². The zero-order chi connectivity index (χ0) is 13.2. The number of rotatable bonds is 7. The second kappa shape index (κ2) is 8.05. The van der Waals surface area contributed by atoms with E-state index in [1.165, 1.54) is 0 Å². The first-order valence-corrected chi connectivity index (χ1v) is 5.81. The molecular formula is C12H17N3O3. The van der Waals surface area contributed by atoms with Gasteiger partial charge in [0, 0.05) is 31.9 Å². The predicted molar refractivity (Wildman–Crippen MR) is 66.0 cm³/mol. The third kappa shape index (κ3) is 6.47. The number of carboxylic acids is 1. The van der Waals surface area contributed by atoms with Crippen LogP contribution in [0.25, 0.3) is 0 Å². The highest BCUT2D eigenvalue weighted by Gasteiger charge is 2.00. The van der Waals surface area contributed by atoms with Gasteiger partial charge in [-0.1, -0.05) is 0 Å². The molecule has 18 heavy (non-hydrogen) atoms. The van der Waals surface area contributed by atoms with Gasteiger partial charge in [0.25, 0.3) is 0 Å². The standard InChI is InChI=1S/C12H17N3O3/c16-11(17)3-1-2-6-14-12(18)15-9-10-4-7-13-8-5-10/h4-5,7-8H,1-3,6,9H2,(H,16,17)(H2,14,15,18). The lowest BCUT2D eigenvalue weighted by atomic mass is 10.2. The van der Waals surface area contributed by atoms with Gasteiger partial charge in [-0.3, -0.25) is 9.78 Å². The first kappa shape index (κ1) is 14.0. The van der Waals surface area contributed by atoms with E-state index in [1.54, 1.807) is 12.4 Å². The molecule has 0 atom stereocenters. The molecule has 0 aliphatic carbocycles. The smallest absolute Gasteiger partial charge is 0.315 e. The largest absolute Gasteiger partial charge is 0.481 e. The number of nitrogens with zero attached hydrogens (tertiary/aromatic N) is 1. The van der Waals surface area contributed by atoms with Gasteiger partial charge in [0.15, 0.2) is 0 Å². The summed E-state index contributed by atoms with van der Waals surface area (Å²) >= 11 is 0. The van der Waals surface area contributed by atoms with Crippen molar-refractivity contribution in [1.82, 2.24) is 15.6 Å². The summed E-state index contributed by atoms with van der Waals surface area (Å²) < 4.78 is 0. The summed E-state index contributed by atoms with van der Waals surface area (Å²) in [7, 11) is 0. The Morgan fingerprint density at radius 2 is 1.89 bits per heavy atom. The predicted octanol–water partition coefficient (Wildman–Crippen LogP) is 1.14. The molecule has 0 saturated carbocycles. The van der Waals surface area contributed by atoms with Gasteiger partial charge in [0.05, 0.1) is 0 Å². The fourth-order valence-electron chi connectivity index (χ4n) is 1.35. The van der Waals surface area contributed by atoms with Crippen molar-refractivity contribution in [3.05, 3.63) is 30.1 Å². The Morgan fingerprint density at radius 1 is 1.17 bits per heavy atom. The van der Waals surface area contributed by atoms with Crippen molar-refractivity contribution >= 4 is 12.0 Å². The maximum Gasteiger partial charge on any atom is 0.315 e. The van der Waals surface area contributed by atoms with Crippen molar-refractivity contribution in [3.8, 4) is 0 Å². The normalized spacial score (nSPS) is 9.78. The van der Waals surface area contributed by atoms with Crippen LogP contribution in [0.4, 0.5) is 4.79 Å². The molecule has 1 rings (SSSR count). The van der Waals surface area contributed by atoms with Crippen LogP contribution in [0, 0.1) is 0 Å². The summed E-state index contributed by atoms with van der Waals surface area (Å²) in [5, 5.41) is 13.8. The van der Waals surface area contributed by atoms with Crippen molar-refractivity contribution in [2.24, 2.45) is 0 Å². The van der Waals surface area contributed by atoms with Crippen molar-refractivity contribution in [3.63, 3.8) is 0 Å². The van der Waals surface area contributed by atoms with E-state index in [0.29, 0.717) is 25.9 Å². The topological polar surface area (TPSA) is 91.3 Å². The van der Waals surface area contributed by atoms with Crippen LogP contribution in [0.2, 0.25) is 0 Å². The Balaban J connectivity index is 2.06. The number of carbonyl (C=O) groups excluding carboxylic acids is 1. The highest BCUT2D eigenvalue weighted by Crippen LogP contribution is 1.95. The van der Waals surface area contributed by atoms with Crippen molar-refractivity contribution in [1.29, 1.82) is 0 Å². The van der Waals surface area contributed by atoms with Crippen LogP contribution in [0.3, 0.4) is 0 Å². The summed E-state index contributed by atoms with van der Waals surface area (Å²) in [6, 6.07) is 3.41. The number of amides is 2. The number of aromatic nitrogens is 1. The molecule has 0 saturated heterocycles. The number of nitrogens with one attached hydrogen (secondary N) is 2. The Hall–Kier alpha value is -2.11. The molecule has 0 fully saturated rings. The van der Waals surface area contributed by atoms with Gasteiger partial charge in [-0.05, 0) is 30.5 Å². The summed E-state index contributed by atoms with van der Waals surface area (Å²) in [5.41, 5.74) is 0.978. The molecule has 0 aromatic carbocycles. The molecule has 3 N–H and O–H groups in total. The molecule has 98 valence electrons. The van der Waals surface area contributed by atoms with Crippen LogP contribution in [0.1, 0.15) is 24.8 Å². The molecule has 1 aromatic rings. The minimum Gasteiger partial charge on any atom is -0.481 e. The lowest BCUT2D eigenvalue weighted by molar-refractivity contribution is -0.137. The van der Waals surface area contributed by atoms with Gasteiger partial charge in [-0.2, -0.15) is 0 Å². The lowest BCUT2D eigenvalue weighted by Crippen LogP contribution is -2.35. The van der Waals surface area contributed by atoms with E-state index >= 15 is 0 Å². The Morgan fingerprint density at radius 3 is 2.56 bits per heavy atom. The number of pyridine rings is 1. The molecule has 0 spiro atoms. The van der Waals surface area contributed by atoms with Gasteiger partial charge in [-0.25, -0.2) is 4.79 Å². The first-order valence-electron chi connectivity index (χ1n) is 5.81. The zero-order valence-corrected chi connectivity index (χ0v) is 10.1. The van der Waals surface area contributed by atoms with Crippen molar-refractivity contribution < 1.29 is 14.7 Å². The van der Waals surface area contributed by atoms with Crippen LogP contribution in [-0.2, 0) is 11.3 Å². The van der Waals surface area contributed by atoms with Gasteiger partial charge in [0.1, 0.15) is 0 Å². The third-order valence-electron chi connectivity index (χ3n) is 2.31. The average molecular weight is 251 g/mol. The maximum atomic E-state index is 11.4. The van der Waals surface area contributed by atoms with Gasteiger partial charge in [0.2, 0.25) is 0 Å². The molecule has 0 unspecified atom stereocenters. The van der Waals surface area contributed by atoms with E-state index in [0.717, 1.165) is 5.56 Å². The minimum atomic E-state index is -0.808. The number of hydrogen-bond acceptors (Lipinski definition) is 3. The quantitative estimate of drug-likeness (QED) is 0.634. The number of hydrogen-bond donors (Lipinski definition) is 3. The van der Waals surface area contributed by atoms with Crippen LogP contribution < -0.4 is 10.6 Å². The van der Waals surface area contributed by atoms with Crippen molar-refractivity contribution in [2.45, 2.75) is 25.8 Å². The number of urea groups is 1. The SMILES string of the molecule is O=C(O)CCCCNC(=O)NCc1ccncc1. The molecule has 2 amide bonds. The van der Waals surface area contributed by atoms with Crippen LogP contribution in [0.15, 0.2) is 24.5 Å². The highest BCUT2D eigenvalue weighted by molar-refractivity contribution is 5.73. The zero-order valence-electron chi connectivity index (χ0n) is 10.1. The van der Waals surface area contributed by atoms with E-state index in [2.05, 4.69) is 15.6 Å².